The third kappa shape index (κ3) is 3.50. The molecule has 0 spiro atoms. The first-order valence-electron chi connectivity index (χ1n) is 5.18. The number of benzene rings is 2. The molecule has 0 fully saturated rings. The van der Waals surface area contributed by atoms with Crippen LogP contribution in [-0.2, 0) is 5.88 Å². The largest absolute Gasteiger partial charge is 0.454 e. The molecule has 0 aromatic heterocycles. The van der Waals surface area contributed by atoms with Crippen molar-refractivity contribution >= 4 is 62.3 Å². The Morgan fingerprint density at radius 3 is 2.42 bits per heavy atom. The van der Waals surface area contributed by atoms with E-state index in [4.69, 9.17) is 51.1 Å². The minimum atomic E-state index is 0.289. The SMILES string of the molecule is ClCc1cccc(Cl)c1Oc1cc(Cl)c(Br)cc1Cl. The molecule has 19 heavy (non-hydrogen) atoms. The zero-order chi connectivity index (χ0) is 14.0. The molecule has 0 aliphatic rings. The summed E-state index contributed by atoms with van der Waals surface area (Å²) >= 11 is 27.4. The van der Waals surface area contributed by atoms with E-state index in [1.54, 1.807) is 18.2 Å². The second kappa shape index (κ2) is 6.55. The number of para-hydroxylation sites is 1. The smallest absolute Gasteiger partial charge is 0.150 e. The van der Waals surface area contributed by atoms with E-state index in [2.05, 4.69) is 15.9 Å². The lowest BCUT2D eigenvalue weighted by Crippen LogP contribution is -1.92. The molecule has 0 N–H and O–H groups in total. The maximum Gasteiger partial charge on any atom is 0.150 e. The van der Waals surface area contributed by atoms with E-state index in [1.807, 2.05) is 12.1 Å². The maximum atomic E-state index is 6.11. The van der Waals surface area contributed by atoms with E-state index in [-0.39, 0.29) is 5.88 Å². The quantitative estimate of drug-likeness (QED) is 0.400. The molecule has 1 nitrogen and oxygen atoms in total. The van der Waals surface area contributed by atoms with Crippen molar-refractivity contribution in [3.05, 3.63) is 55.4 Å². The molecule has 0 heterocycles. The van der Waals surface area contributed by atoms with Gasteiger partial charge in [-0.05, 0) is 28.1 Å². The summed E-state index contributed by atoms with van der Waals surface area (Å²) in [6.07, 6.45) is 0. The lowest BCUT2D eigenvalue weighted by molar-refractivity contribution is 0.479. The van der Waals surface area contributed by atoms with Crippen molar-refractivity contribution < 1.29 is 4.74 Å². The van der Waals surface area contributed by atoms with Crippen LogP contribution in [-0.4, -0.2) is 0 Å². The second-order valence-electron chi connectivity index (χ2n) is 3.66. The Morgan fingerprint density at radius 2 is 1.74 bits per heavy atom. The highest BCUT2D eigenvalue weighted by atomic mass is 79.9. The molecule has 0 atom stereocenters. The van der Waals surface area contributed by atoms with Gasteiger partial charge in [-0.1, -0.05) is 46.9 Å². The fourth-order valence-corrected chi connectivity index (χ4v) is 2.74. The van der Waals surface area contributed by atoms with E-state index in [0.717, 1.165) is 5.56 Å². The van der Waals surface area contributed by atoms with Gasteiger partial charge in [-0.25, -0.2) is 0 Å². The van der Waals surface area contributed by atoms with Crippen molar-refractivity contribution in [3.63, 3.8) is 0 Å². The highest BCUT2D eigenvalue weighted by Crippen LogP contribution is 2.40. The highest BCUT2D eigenvalue weighted by Gasteiger charge is 2.13. The Bertz CT molecular complexity index is 616. The molecule has 0 aliphatic carbocycles. The molecular formula is C13H7BrCl4O. The lowest BCUT2D eigenvalue weighted by Gasteiger charge is -2.13. The number of halogens is 5. The van der Waals surface area contributed by atoms with Gasteiger partial charge in [0.2, 0.25) is 0 Å². The van der Waals surface area contributed by atoms with Gasteiger partial charge in [0, 0.05) is 16.1 Å². The predicted molar refractivity (Wildman–Crippen MR) is 85.2 cm³/mol. The average molecular weight is 401 g/mol. The molecule has 0 amide bonds. The van der Waals surface area contributed by atoms with Gasteiger partial charge in [-0.15, -0.1) is 11.6 Å². The van der Waals surface area contributed by atoms with E-state index < -0.39 is 0 Å². The fraction of sp³-hybridized carbons (Fsp3) is 0.0769. The standard InChI is InChI=1S/C13H7BrCl4O/c14-8-4-11(18)12(5-10(8)17)19-13-7(6-15)2-1-3-9(13)16/h1-5H,6H2. The third-order valence-corrected chi connectivity index (χ3v) is 4.46. The van der Waals surface area contributed by atoms with Crippen molar-refractivity contribution in [3.8, 4) is 11.5 Å². The molecule has 0 aliphatic heterocycles. The Labute approximate surface area is 139 Å². The van der Waals surface area contributed by atoms with Crippen LogP contribution >= 0.6 is 62.3 Å². The topological polar surface area (TPSA) is 9.23 Å². The summed E-state index contributed by atoms with van der Waals surface area (Å²) in [6.45, 7) is 0. The first-order valence-corrected chi connectivity index (χ1v) is 7.65. The molecule has 6 heteroatoms. The van der Waals surface area contributed by atoms with Gasteiger partial charge in [-0.2, -0.15) is 0 Å². The van der Waals surface area contributed by atoms with Crippen LogP contribution in [0, 0.1) is 0 Å². The molecule has 0 unspecified atom stereocenters. The van der Waals surface area contributed by atoms with Gasteiger partial charge < -0.3 is 4.74 Å². The summed E-state index contributed by atoms with van der Waals surface area (Å²) in [5, 5.41) is 1.39. The number of rotatable bonds is 3. The van der Waals surface area contributed by atoms with Crippen LogP contribution in [0.4, 0.5) is 0 Å². The van der Waals surface area contributed by atoms with Crippen molar-refractivity contribution in [2.24, 2.45) is 0 Å². The van der Waals surface area contributed by atoms with E-state index in [9.17, 15) is 0 Å². The molecule has 2 rings (SSSR count). The minimum Gasteiger partial charge on any atom is -0.454 e. The van der Waals surface area contributed by atoms with Gasteiger partial charge in [0.15, 0.2) is 0 Å². The predicted octanol–water partition coefficient (Wildman–Crippen LogP) is 6.94. The first kappa shape index (κ1) is 15.3. The van der Waals surface area contributed by atoms with Crippen LogP contribution in [0.1, 0.15) is 5.56 Å². The third-order valence-electron chi connectivity index (χ3n) is 2.38. The number of hydrogen-bond acceptors (Lipinski definition) is 1. The summed E-state index contributed by atoms with van der Waals surface area (Å²) in [6, 6.07) is 8.65. The zero-order valence-electron chi connectivity index (χ0n) is 9.39. The number of alkyl halides is 1. The van der Waals surface area contributed by atoms with Gasteiger partial charge in [0.05, 0.1) is 20.9 Å². The summed E-state index contributed by atoms with van der Waals surface area (Å²) in [5.41, 5.74) is 0.782. The monoisotopic (exact) mass is 398 g/mol. The Hall–Kier alpha value is -0.120. The molecular weight excluding hydrogens is 394 g/mol. The molecule has 0 bridgehead atoms. The first-order chi connectivity index (χ1) is 9.02. The van der Waals surface area contributed by atoms with E-state index in [0.29, 0.717) is 31.0 Å². The van der Waals surface area contributed by atoms with E-state index >= 15 is 0 Å². The van der Waals surface area contributed by atoms with Crippen LogP contribution in [0.2, 0.25) is 15.1 Å². The molecule has 0 radical (unpaired) electrons. The minimum absolute atomic E-state index is 0.289. The highest BCUT2D eigenvalue weighted by molar-refractivity contribution is 9.10. The van der Waals surface area contributed by atoms with Crippen molar-refractivity contribution in [2.75, 3.05) is 0 Å². The summed E-state index contributed by atoms with van der Waals surface area (Å²) < 4.78 is 6.44. The summed E-state index contributed by atoms with van der Waals surface area (Å²) in [7, 11) is 0. The van der Waals surface area contributed by atoms with Crippen molar-refractivity contribution in [2.45, 2.75) is 5.88 Å². The molecule has 2 aromatic rings. The average Bonchev–Trinajstić information content (AvgIpc) is 2.38. The maximum absolute atomic E-state index is 6.11. The Morgan fingerprint density at radius 1 is 1.00 bits per heavy atom. The Balaban J connectivity index is 2.44. The molecule has 0 saturated carbocycles. The van der Waals surface area contributed by atoms with Crippen molar-refractivity contribution in [1.82, 2.24) is 0 Å². The zero-order valence-corrected chi connectivity index (χ0v) is 14.0. The summed E-state index contributed by atoms with van der Waals surface area (Å²) in [5.74, 6) is 1.20. The van der Waals surface area contributed by atoms with Crippen LogP contribution in [0.25, 0.3) is 0 Å². The van der Waals surface area contributed by atoms with Gasteiger partial charge in [0.25, 0.3) is 0 Å². The lowest BCUT2D eigenvalue weighted by atomic mass is 10.2. The second-order valence-corrected chi connectivity index (χ2v) is 6.00. The Kier molecular flexibility index (Phi) is 5.27. The molecule has 0 saturated heterocycles. The fourth-order valence-electron chi connectivity index (χ4n) is 1.47. The van der Waals surface area contributed by atoms with Gasteiger partial charge >= 0.3 is 0 Å². The van der Waals surface area contributed by atoms with Crippen LogP contribution < -0.4 is 4.74 Å². The van der Waals surface area contributed by atoms with E-state index in [1.165, 1.54) is 0 Å². The van der Waals surface area contributed by atoms with Gasteiger partial charge in [0.1, 0.15) is 11.5 Å². The molecule has 2 aromatic carbocycles. The number of hydrogen-bond donors (Lipinski definition) is 0. The van der Waals surface area contributed by atoms with Gasteiger partial charge in [-0.3, -0.25) is 0 Å². The van der Waals surface area contributed by atoms with Crippen molar-refractivity contribution in [1.29, 1.82) is 0 Å². The normalized spacial score (nSPS) is 10.6. The number of ether oxygens (including phenoxy) is 1. The molecule has 100 valence electrons. The van der Waals surface area contributed by atoms with Crippen LogP contribution in [0.15, 0.2) is 34.8 Å². The van der Waals surface area contributed by atoms with Crippen LogP contribution in [0.5, 0.6) is 11.5 Å². The van der Waals surface area contributed by atoms with Crippen LogP contribution in [0.3, 0.4) is 0 Å². The summed E-state index contributed by atoms with van der Waals surface area (Å²) in [4.78, 5) is 0.